The third kappa shape index (κ3) is 2.15. The SMILES string of the molecule is Cc1cccc2c1C(C(C)CCO)CCC2. The molecule has 0 bridgehead atoms. The molecule has 0 spiro atoms. The molecule has 1 aromatic carbocycles. The molecule has 0 saturated carbocycles. The minimum absolute atomic E-state index is 0.318. The van der Waals surface area contributed by atoms with E-state index in [0.29, 0.717) is 18.4 Å². The lowest BCUT2D eigenvalue weighted by Crippen LogP contribution is -2.18. The lowest BCUT2D eigenvalue weighted by Gasteiger charge is -2.31. The Balaban J connectivity index is 2.31. The average molecular weight is 218 g/mol. The summed E-state index contributed by atoms with van der Waals surface area (Å²) in [6.07, 6.45) is 4.76. The number of aliphatic hydroxyl groups is 1. The number of aryl methyl sites for hydroxylation is 2. The van der Waals surface area contributed by atoms with Crippen molar-refractivity contribution in [1.29, 1.82) is 0 Å². The Bertz CT molecular complexity index is 356. The topological polar surface area (TPSA) is 20.2 Å². The van der Waals surface area contributed by atoms with Crippen molar-refractivity contribution < 1.29 is 5.11 Å². The van der Waals surface area contributed by atoms with E-state index in [2.05, 4.69) is 32.0 Å². The lowest BCUT2D eigenvalue weighted by atomic mass is 9.74. The summed E-state index contributed by atoms with van der Waals surface area (Å²) in [5.41, 5.74) is 4.56. The molecule has 0 aliphatic heterocycles. The van der Waals surface area contributed by atoms with Gasteiger partial charge in [0.15, 0.2) is 0 Å². The van der Waals surface area contributed by atoms with Crippen LogP contribution in [-0.2, 0) is 6.42 Å². The summed E-state index contributed by atoms with van der Waals surface area (Å²) < 4.78 is 0. The molecule has 88 valence electrons. The number of benzene rings is 1. The van der Waals surface area contributed by atoms with Gasteiger partial charge in [-0.05, 0) is 61.1 Å². The molecular weight excluding hydrogens is 196 g/mol. The van der Waals surface area contributed by atoms with E-state index < -0.39 is 0 Å². The van der Waals surface area contributed by atoms with Crippen molar-refractivity contribution in [2.45, 2.75) is 45.4 Å². The number of rotatable bonds is 3. The normalized spacial score (nSPS) is 21.6. The van der Waals surface area contributed by atoms with Gasteiger partial charge in [-0.25, -0.2) is 0 Å². The van der Waals surface area contributed by atoms with Crippen LogP contribution in [0.3, 0.4) is 0 Å². The Labute approximate surface area is 98.5 Å². The molecule has 0 aromatic heterocycles. The van der Waals surface area contributed by atoms with Gasteiger partial charge in [-0.15, -0.1) is 0 Å². The molecule has 0 saturated heterocycles. The second-order valence-corrected chi connectivity index (χ2v) is 5.14. The van der Waals surface area contributed by atoms with E-state index in [9.17, 15) is 0 Å². The zero-order valence-corrected chi connectivity index (χ0v) is 10.4. The highest BCUT2D eigenvalue weighted by atomic mass is 16.3. The Morgan fingerprint density at radius 1 is 1.44 bits per heavy atom. The molecule has 1 nitrogen and oxygen atoms in total. The van der Waals surface area contributed by atoms with Crippen molar-refractivity contribution in [2.75, 3.05) is 6.61 Å². The standard InChI is InChI=1S/C15H22O/c1-11(9-10-16)14-8-4-7-13-6-3-5-12(2)15(13)14/h3,5-6,11,14,16H,4,7-10H2,1-2H3. The van der Waals surface area contributed by atoms with Crippen LogP contribution in [0.25, 0.3) is 0 Å². The van der Waals surface area contributed by atoms with Crippen LogP contribution in [-0.4, -0.2) is 11.7 Å². The maximum atomic E-state index is 9.08. The predicted octanol–water partition coefficient (Wildman–Crippen LogP) is 3.43. The number of hydrogen-bond donors (Lipinski definition) is 1. The van der Waals surface area contributed by atoms with E-state index in [1.54, 1.807) is 11.1 Å². The van der Waals surface area contributed by atoms with E-state index in [4.69, 9.17) is 5.11 Å². The molecule has 0 amide bonds. The van der Waals surface area contributed by atoms with Crippen LogP contribution >= 0.6 is 0 Å². The van der Waals surface area contributed by atoms with Gasteiger partial charge in [-0.1, -0.05) is 25.1 Å². The molecule has 1 aliphatic carbocycles. The first-order valence-electron chi connectivity index (χ1n) is 6.43. The Morgan fingerprint density at radius 2 is 2.25 bits per heavy atom. The highest BCUT2D eigenvalue weighted by Gasteiger charge is 2.25. The number of hydrogen-bond acceptors (Lipinski definition) is 1. The van der Waals surface area contributed by atoms with E-state index in [0.717, 1.165) is 6.42 Å². The van der Waals surface area contributed by atoms with Crippen molar-refractivity contribution >= 4 is 0 Å². The molecule has 1 heteroatoms. The zero-order valence-electron chi connectivity index (χ0n) is 10.4. The van der Waals surface area contributed by atoms with E-state index in [1.165, 1.54) is 24.8 Å². The van der Waals surface area contributed by atoms with Crippen LogP contribution in [0.1, 0.15) is 48.8 Å². The van der Waals surface area contributed by atoms with Gasteiger partial charge in [0.25, 0.3) is 0 Å². The molecule has 0 radical (unpaired) electrons. The molecule has 1 aliphatic rings. The molecule has 0 fully saturated rings. The van der Waals surface area contributed by atoms with Crippen molar-refractivity contribution in [1.82, 2.24) is 0 Å². The van der Waals surface area contributed by atoms with Crippen molar-refractivity contribution in [2.24, 2.45) is 5.92 Å². The predicted molar refractivity (Wildman–Crippen MR) is 67.7 cm³/mol. The van der Waals surface area contributed by atoms with Gasteiger partial charge in [0.2, 0.25) is 0 Å². The molecule has 2 atom stereocenters. The average Bonchev–Trinajstić information content (AvgIpc) is 2.29. The Morgan fingerprint density at radius 3 is 3.00 bits per heavy atom. The van der Waals surface area contributed by atoms with Crippen LogP contribution < -0.4 is 0 Å². The minimum atomic E-state index is 0.318. The molecule has 2 rings (SSSR count). The summed E-state index contributed by atoms with van der Waals surface area (Å²) >= 11 is 0. The quantitative estimate of drug-likeness (QED) is 0.824. The van der Waals surface area contributed by atoms with Crippen LogP contribution in [0.4, 0.5) is 0 Å². The summed E-state index contributed by atoms with van der Waals surface area (Å²) in [6, 6.07) is 6.68. The largest absolute Gasteiger partial charge is 0.396 e. The van der Waals surface area contributed by atoms with Crippen LogP contribution in [0.15, 0.2) is 18.2 Å². The number of aliphatic hydroxyl groups excluding tert-OH is 1. The van der Waals surface area contributed by atoms with Crippen molar-refractivity contribution in [3.63, 3.8) is 0 Å². The van der Waals surface area contributed by atoms with Gasteiger partial charge in [-0.2, -0.15) is 0 Å². The lowest BCUT2D eigenvalue weighted by molar-refractivity contribution is 0.243. The monoisotopic (exact) mass is 218 g/mol. The second kappa shape index (κ2) is 5.01. The van der Waals surface area contributed by atoms with Gasteiger partial charge in [-0.3, -0.25) is 0 Å². The summed E-state index contributed by atoms with van der Waals surface area (Å²) in [4.78, 5) is 0. The highest BCUT2D eigenvalue weighted by molar-refractivity contribution is 5.39. The third-order valence-corrected chi connectivity index (χ3v) is 4.02. The van der Waals surface area contributed by atoms with Crippen LogP contribution in [0.5, 0.6) is 0 Å². The van der Waals surface area contributed by atoms with Gasteiger partial charge in [0.05, 0.1) is 0 Å². The van der Waals surface area contributed by atoms with E-state index in [1.807, 2.05) is 0 Å². The van der Waals surface area contributed by atoms with Crippen molar-refractivity contribution in [3.8, 4) is 0 Å². The zero-order chi connectivity index (χ0) is 11.5. The van der Waals surface area contributed by atoms with Crippen LogP contribution in [0.2, 0.25) is 0 Å². The van der Waals surface area contributed by atoms with Crippen LogP contribution in [0, 0.1) is 12.8 Å². The van der Waals surface area contributed by atoms with E-state index >= 15 is 0 Å². The van der Waals surface area contributed by atoms with Gasteiger partial charge < -0.3 is 5.11 Å². The maximum absolute atomic E-state index is 9.08. The van der Waals surface area contributed by atoms with Gasteiger partial charge in [0, 0.05) is 6.61 Å². The summed E-state index contributed by atoms with van der Waals surface area (Å²) in [6.45, 7) is 4.82. The summed E-state index contributed by atoms with van der Waals surface area (Å²) in [5, 5.41) is 9.08. The van der Waals surface area contributed by atoms with Gasteiger partial charge >= 0.3 is 0 Å². The molecule has 0 heterocycles. The van der Waals surface area contributed by atoms with E-state index in [-0.39, 0.29) is 0 Å². The molecule has 16 heavy (non-hydrogen) atoms. The first kappa shape index (κ1) is 11.7. The smallest absolute Gasteiger partial charge is 0.0433 e. The fourth-order valence-corrected chi connectivity index (χ4v) is 3.12. The minimum Gasteiger partial charge on any atom is -0.396 e. The van der Waals surface area contributed by atoms with Crippen molar-refractivity contribution in [3.05, 3.63) is 34.9 Å². The fourth-order valence-electron chi connectivity index (χ4n) is 3.12. The second-order valence-electron chi connectivity index (χ2n) is 5.14. The first-order valence-corrected chi connectivity index (χ1v) is 6.43. The highest BCUT2D eigenvalue weighted by Crippen LogP contribution is 2.39. The fraction of sp³-hybridized carbons (Fsp3) is 0.600. The molecule has 2 unspecified atom stereocenters. The number of fused-ring (bicyclic) bond motifs is 1. The molecule has 1 aromatic rings. The first-order chi connectivity index (χ1) is 7.74. The Kier molecular flexibility index (Phi) is 3.65. The maximum Gasteiger partial charge on any atom is 0.0433 e. The Hall–Kier alpha value is -0.820. The molecular formula is C15H22O. The summed E-state index contributed by atoms with van der Waals surface area (Å²) in [5.74, 6) is 1.27. The summed E-state index contributed by atoms with van der Waals surface area (Å²) in [7, 11) is 0. The molecule has 1 N–H and O–H groups in total. The third-order valence-electron chi connectivity index (χ3n) is 4.02. The van der Waals surface area contributed by atoms with Gasteiger partial charge in [0.1, 0.15) is 0 Å².